The molecule has 0 spiro atoms. The van der Waals surface area contributed by atoms with Crippen LogP contribution >= 0.6 is 18.5 Å². The van der Waals surface area contributed by atoms with Crippen molar-refractivity contribution in [3.8, 4) is 0 Å². The Hall–Kier alpha value is -0.0500. The van der Waals surface area contributed by atoms with E-state index >= 15 is 0 Å². The first-order chi connectivity index (χ1) is 5.43. The molecule has 0 aliphatic heterocycles. The predicted octanol–water partition coefficient (Wildman–Crippen LogP) is 1.54. The average Bonchev–Trinajstić information content (AvgIpc) is 1.84. The number of hydrogen-bond donors (Lipinski definition) is 1. The van der Waals surface area contributed by atoms with Crippen LogP contribution in [0.5, 0.6) is 0 Å². The highest BCUT2D eigenvalue weighted by molar-refractivity contribution is 7.72. The Morgan fingerprint density at radius 2 is 2.00 bits per heavy atom. The maximum Gasteiger partial charge on any atom is 0.323 e. The van der Waals surface area contributed by atoms with Crippen LogP contribution in [0.3, 0.4) is 0 Å². The van der Waals surface area contributed by atoms with E-state index in [0.29, 0.717) is 0 Å². The van der Waals surface area contributed by atoms with Crippen LogP contribution in [0.2, 0.25) is 0 Å². The molecule has 0 rings (SSSR count). The summed E-state index contributed by atoms with van der Waals surface area (Å²) in [5.41, 5.74) is 0. The van der Waals surface area contributed by atoms with Gasteiger partial charge in [0.2, 0.25) is 7.30 Å². The molecule has 0 aromatic rings. The van der Waals surface area contributed by atoms with Crippen LogP contribution in [0, 0.1) is 0 Å². The van der Waals surface area contributed by atoms with E-state index in [9.17, 15) is 9.36 Å². The molecule has 1 unspecified atom stereocenters. The zero-order valence-electron chi connectivity index (χ0n) is 7.26. The normalized spacial score (nSPS) is 15.8. The van der Waals surface area contributed by atoms with Gasteiger partial charge in [0.15, 0.2) is 0 Å². The molecule has 0 saturated carbocycles. The Bertz CT molecular complexity index is 186. The topological polar surface area (TPSA) is 55.4 Å². The van der Waals surface area contributed by atoms with Gasteiger partial charge in [0.25, 0.3) is 0 Å². The van der Waals surface area contributed by atoms with Gasteiger partial charge in [0.1, 0.15) is 6.04 Å². The molecule has 1 N–H and O–H groups in total. The van der Waals surface area contributed by atoms with Crippen LogP contribution in [0.4, 0.5) is 0 Å². The molecule has 0 aliphatic rings. The van der Waals surface area contributed by atoms with Gasteiger partial charge in [-0.3, -0.25) is 9.36 Å². The molecule has 0 fully saturated rings. The smallest absolute Gasteiger partial charge is 0.323 e. The third-order valence-electron chi connectivity index (χ3n) is 1.04. The number of halogens is 1. The molecular weight excluding hydrogens is 200 g/mol. The van der Waals surface area contributed by atoms with Gasteiger partial charge < -0.3 is 4.74 Å². The number of carbonyl (C=O) groups excluding carboxylic acids is 1. The van der Waals surface area contributed by atoms with Crippen molar-refractivity contribution in [2.24, 2.45) is 0 Å². The van der Waals surface area contributed by atoms with Crippen molar-refractivity contribution in [1.29, 1.82) is 0 Å². The summed E-state index contributed by atoms with van der Waals surface area (Å²) in [4.78, 5) is 11.0. The second-order valence-electron chi connectivity index (χ2n) is 2.63. The largest absolute Gasteiger partial charge is 0.462 e. The number of carbonyl (C=O) groups is 1. The van der Waals surface area contributed by atoms with E-state index in [1.807, 2.05) is 0 Å². The summed E-state index contributed by atoms with van der Waals surface area (Å²) in [5, 5.41) is 2.39. The van der Waals surface area contributed by atoms with E-state index in [-0.39, 0.29) is 6.10 Å². The van der Waals surface area contributed by atoms with E-state index in [1.165, 1.54) is 0 Å². The van der Waals surface area contributed by atoms with Gasteiger partial charge in [0.05, 0.1) is 6.10 Å². The fourth-order valence-electron chi connectivity index (χ4n) is 0.564. The number of nitrogens with one attached hydrogen (secondary N) is 1. The lowest BCUT2D eigenvalue weighted by Gasteiger charge is -2.13. The molecular formula is C6H13ClNO3P. The van der Waals surface area contributed by atoms with Crippen LogP contribution in [-0.4, -0.2) is 18.1 Å². The van der Waals surface area contributed by atoms with Crippen molar-refractivity contribution in [1.82, 2.24) is 5.09 Å². The molecule has 2 atom stereocenters. The molecule has 0 radical (unpaired) electrons. The number of ether oxygens (including phenoxy) is 1. The van der Waals surface area contributed by atoms with Crippen molar-refractivity contribution in [2.75, 3.05) is 0 Å². The molecule has 0 aliphatic carbocycles. The highest BCUT2D eigenvalue weighted by atomic mass is 35.7. The quantitative estimate of drug-likeness (QED) is 0.569. The minimum absolute atomic E-state index is 0.167. The lowest BCUT2D eigenvalue weighted by Crippen LogP contribution is -2.31. The van der Waals surface area contributed by atoms with Gasteiger partial charge in [-0.1, -0.05) is 0 Å². The van der Waals surface area contributed by atoms with Crippen molar-refractivity contribution >= 4 is 24.5 Å². The lowest BCUT2D eigenvalue weighted by molar-refractivity contribution is -0.148. The standard InChI is InChI=1S/C6H13ClNO3P/c1-4(2)11-6(9)5(3)8-12(7)10/h4-5,12H,1-3H3,(H,8,10)/t5-/m0/s1. The molecule has 0 aromatic carbocycles. The van der Waals surface area contributed by atoms with Crippen molar-refractivity contribution in [3.05, 3.63) is 0 Å². The van der Waals surface area contributed by atoms with Crippen LogP contribution in [0.15, 0.2) is 0 Å². The summed E-state index contributed by atoms with van der Waals surface area (Å²) < 4.78 is 15.3. The molecule has 0 saturated heterocycles. The van der Waals surface area contributed by atoms with Gasteiger partial charge >= 0.3 is 5.97 Å². The second-order valence-corrected chi connectivity index (χ2v) is 4.49. The van der Waals surface area contributed by atoms with E-state index in [1.54, 1.807) is 20.8 Å². The fourth-order valence-corrected chi connectivity index (χ4v) is 1.51. The zero-order chi connectivity index (χ0) is 9.72. The van der Waals surface area contributed by atoms with E-state index < -0.39 is 19.3 Å². The summed E-state index contributed by atoms with van der Waals surface area (Å²) >= 11 is 5.18. The summed E-state index contributed by atoms with van der Waals surface area (Å²) in [7, 11) is -2.34. The van der Waals surface area contributed by atoms with Crippen LogP contribution < -0.4 is 5.09 Å². The Morgan fingerprint density at radius 3 is 2.33 bits per heavy atom. The van der Waals surface area contributed by atoms with Crippen molar-refractivity contribution in [2.45, 2.75) is 32.9 Å². The number of hydrogen-bond acceptors (Lipinski definition) is 3. The Balaban J connectivity index is 3.85. The Kier molecular flexibility index (Phi) is 5.55. The van der Waals surface area contributed by atoms with Gasteiger partial charge in [0, 0.05) is 0 Å². The Morgan fingerprint density at radius 1 is 1.50 bits per heavy atom. The molecule has 0 amide bonds. The first-order valence-electron chi connectivity index (χ1n) is 3.60. The Labute approximate surface area is 77.2 Å². The first kappa shape index (κ1) is 11.9. The maximum atomic E-state index is 11.0. The second kappa shape index (κ2) is 5.57. The van der Waals surface area contributed by atoms with Gasteiger partial charge in [-0.05, 0) is 32.0 Å². The monoisotopic (exact) mass is 213 g/mol. The average molecular weight is 214 g/mol. The van der Waals surface area contributed by atoms with E-state index in [4.69, 9.17) is 16.0 Å². The minimum atomic E-state index is -2.34. The van der Waals surface area contributed by atoms with Crippen LogP contribution in [0.1, 0.15) is 20.8 Å². The summed E-state index contributed by atoms with van der Waals surface area (Å²) in [5.74, 6) is -0.441. The molecule has 72 valence electrons. The maximum absolute atomic E-state index is 11.0. The highest BCUT2D eigenvalue weighted by Gasteiger charge is 2.16. The van der Waals surface area contributed by atoms with Crippen molar-refractivity contribution in [3.63, 3.8) is 0 Å². The van der Waals surface area contributed by atoms with Gasteiger partial charge in [-0.25, -0.2) is 5.09 Å². The van der Waals surface area contributed by atoms with E-state index in [0.717, 1.165) is 0 Å². The van der Waals surface area contributed by atoms with Gasteiger partial charge in [-0.15, -0.1) is 0 Å². The summed E-state index contributed by atoms with van der Waals surface area (Å²) in [6, 6.07) is -0.615. The first-order valence-corrected chi connectivity index (χ1v) is 6.02. The SMILES string of the molecule is CC(C)OC(=O)[C@H](C)N[PH](=O)Cl. The fraction of sp³-hybridized carbons (Fsp3) is 0.833. The van der Waals surface area contributed by atoms with Crippen LogP contribution in [-0.2, 0) is 14.1 Å². The number of esters is 1. The molecule has 6 heteroatoms. The van der Waals surface area contributed by atoms with E-state index in [2.05, 4.69) is 5.09 Å². The molecule has 4 nitrogen and oxygen atoms in total. The highest BCUT2D eigenvalue weighted by Crippen LogP contribution is 2.21. The zero-order valence-corrected chi connectivity index (χ0v) is 9.01. The number of rotatable bonds is 4. The minimum Gasteiger partial charge on any atom is -0.462 e. The molecule has 0 aromatic heterocycles. The van der Waals surface area contributed by atoms with Crippen molar-refractivity contribution < 1.29 is 14.1 Å². The van der Waals surface area contributed by atoms with Crippen LogP contribution in [0.25, 0.3) is 0 Å². The lowest BCUT2D eigenvalue weighted by atomic mass is 10.4. The molecule has 0 heterocycles. The molecule has 12 heavy (non-hydrogen) atoms. The molecule has 0 bridgehead atoms. The predicted molar refractivity (Wildman–Crippen MR) is 48.7 cm³/mol. The summed E-state index contributed by atoms with van der Waals surface area (Å²) in [6.45, 7) is 5.04. The third-order valence-corrected chi connectivity index (χ3v) is 2.02. The van der Waals surface area contributed by atoms with Gasteiger partial charge in [-0.2, -0.15) is 0 Å². The summed E-state index contributed by atoms with van der Waals surface area (Å²) in [6.07, 6.45) is -0.167. The third kappa shape index (κ3) is 5.58.